The molecule has 104 valence electrons. The number of aliphatic hydroxyl groups is 1. The number of rotatable bonds is 4. The summed E-state index contributed by atoms with van der Waals surface area (Å²) in [6.07, 6.45) is -0.0188. The standard InChI is InChI=1S/C14H10F3NO2/c15-11-5-3-9(4-6-11)12(19)14(16,17)13(20)10-2-1-7-18-8-10/h1-8,12,19H. The summed E-state index contributed by atoms with van der Waals surface area (Å²) >= 11 is 0. The number of halogens is 3. The maximum Gasteiger partial charge on any atom is 0.339 e. The number of ketones is 1. The first-order valence-electron chi connectivity index (χ1n) is 5.69. The molecule has 0 bridgehead atoms. The van der Waals surface area contributed by atoms with Crippen LogP contribution in [0.4, 0.5) is 13.2 Å². The Bertz CT molecular complexity index is 600. The Hall–Kier alpha value is -2.21. The van der Waals surface area contributed by atoms with Crippen LogP contribution >= 0.6 is 0 Å². The second-order valence-corrected chi connectivity index (χ2v) is 4.15. The number of aliphatic hydroxyl groups excluding tert-OH is 1. The summed E-state index contributed by atoms with van der Waals surface area (Å²) in [7, 11) is 0. The van der Waals surface area contributed by atoms with Crippen LogP contribution in [0.1, 0.15) is 22.0 Å². The summed E-state index contributed by atoms with van der Waals surface area (Å²) in [6, 6.07) is 6.40. The minimum Gasteiger partial charge on any atom is -0.382 e. The van der Waals surface area contributed by atoms with Crippen LogP contribution in [-0.2, 0) is 0 Å². The summed E-state index contributed by atoms with van der Waals surface area (Å²) in [5.74, 6) is -6.19. The molecule has 2 rings (SSSR count). The lowest BCUT2D eigenvalue weighted by Crippen LogP contribution is -2.36. The van der Waals surface area contributed by atoms with Crippen LogP contribution in [0, 0.1) is 5.82 Å². The molecule has 0 radical (unpaired) electrons. The van der Waals surface area contributed by atoms with Gasteiger partial charge in [-0.3, -0.25) is 9.78 Å². The van der Waals surface area contributed by atoms with Crippen molar-refractivity contribution in [1.29, 1.82) is 0 Å². The van der Waals surface area contributed by atoms with Gasteiger partial charge in [0.25, 0.3) is 0 Å². The van der Waals surface area contributed by atoms with Crippen molar-refractivity contribution in [2.24, 2.45) is 0 Å². The molecule has 1 unspecified atom stereocenters. The highest BCUT2D eigenvalue weighted by molar-refractivity contribution is 6.01. The van der Waals surface area contributed by atoms with Crippen LogP contribution in [0.15, 0.2) is 48.8 Å². The molecule has 1 aromatic carbocycles. The van der Waals surface area contributed by atoms with Gasteiger partial charge in [-0.05, 0) is 29.8 Å². The maximum atomic E-state index is 14.0. The highest BCUT2D eigenvalue weighted by Gasteiger charge is 2.47. The van der Waals surface area contributed by atoms with E-state index < -0.39 is 23.6 Å². The molecule has 0 aliphatic carbocycles. The summed E-state index contributed by atoms with van der Waals surface area (Å²) in [6.45, 7) is 0. The number of aromatic nitrogens is 1. The van der Waals surface area contributed by atoms with Gasteiger partial charge in [0.2, 0.25) is 5.78 Å². The summed E-state index contributed by atoms with van der Waals surface area (Å²) in [4.78, 5) is 15.3. The third-order valence-electron chi connectivity index (χ3n) is 2.76. The number of alkyl halides is 2. The molecule has 0 aliphatic rings. The van der Waals surface area contributed by atoms with Crippen molar-refractivity contribution < 1.29 is 23.1 Å². The lowest BCUT2D eigenvalue weighted by Gasteiger charge is -2.21. The summed E-state index contributed by atoms with van der Waals surface area (Å²) in [5.41, 5.74) is -0.549. The monoisotopic (exact) mass is 281 g/mol. The zero-order chi connectivity index (χ0) is 14.8. The van der Waals surface area contributed by atoms with E-state index in [1.165, 1.54) is 18.3 Å². The molecule has 1 N–H and O–H groups in total. The van der Waals surface area contributed by atoms with Crippen molar-refractivity contribution in [3.63, 3.8) is 0 Å². The van der Waals surface area contributed by atoms with E-state index >= 15 is 0 Å². The lowest BCUT2D eigenvalue weighted by atomic mass is 9.97. The number of benzene rings is 1. The third kappa shape index (κ3) is 2.70. The van der Waals surface area contributed by atoms with Crippen molar-refractivity contribution in [3.8, 4) is 0 Å². The molecule has 0 saturated heterocycles. The van der Waals surface area contributed by atoms with Crippen molar-refractivity contribution in [2.45, 2.75) is 12.0 Å². The molecular weight excluding hydrogens is 271 g/mol. The second kappa shape index (κ2) is 5.42. The first-order chi connectivity index (χ1) is 9.43. The third-order valence-corrected chi connectivity index (χ3v) is 2.76. The van der Waals surface area contributed by atoms with Crippen molar-refractivity contribution >= 4 is 5.78 Å². The Morgan fingerprint density at radius 3 is 2.40 bits per heavy atom. The predicted molar refractivity (Wildman–Crippen MR) is 64.9 cm³/mol. The zero-order valence-electron chi connectivity index (χ0n) is 10.1. The molecular formula is C14H10F3NO2. The van der Waals surface area contributed by atoms with E-state index in [9.17, 15) is 23.1 Å². The average molecular weight is 281 g/mol. The predicted octanol–water partition coefficient (Wildman–Crippen LogP) is 2.77. The van der Waals surface area contributed by atoms with Crippen LogP contribution in [0.25, 0.3) is 0 Å². The summed E-state index contributed by atoms with van der Waals surface area (Å²) in [5, 5.41) is 9.66. The Kier molecular flexibility index (Phi) is 3.85. The number of nitrogens with zero attached hydrogens (tertiary/aromatic N) is 1. The number of pyridine rings is 1. The van der Waals surface area contributed by atoms with Crippen LogP contribution in [0.3, 0.4) is 0 Å². The molecule has 0 amide bonds. The molecule has 1 atom stereocenters. The minimum absolute atomic E-state index is 0.242. The molecule has 1 aromatic heterocycles. The molecule has 2 aromatic rings. The highest BCUT2D eigenvalue weighted by Crippen LogP contribution is 2.34. The fourth-order valence-corrected chi connectivity index (χ4v) is 1.67. The van der Waals surface area contributed by atoms with Gasteiger partial charge < -0.3 is 5.11 Å². The molecule has 0 saturated carbocycles. The molecule has 6 heteroatoms. The van der Waals surface area contributed by atoms with Gasteiger partial charge in [0.15, 0.2) is 6.10 Å². The van der Waals surface area contributed by atoms with E-state index in [0.717, 1.165) is 30.5 Å². The van der Waals surface area contributed by atoms with Crippen LogP contribution in [0.5, 0.6) is 0 Å². The van der Waals surface area contributed by atoms with E-state index in [1.54, 1.807) is 0 Å². The fourth-order valence-electron chi connectivity index (χ4n) is 1.67. The first-order valence-corrected chi connectivity index (χ1v) is 5.69. The number of hydrogen-bond donors (Lipinski definition) is 1. The number of Topliss-reactive ketones (excluding diaryl/α,β-unsaturated/α-hetero) is 1. The molecule has 1 heterocycles. The number of hydrogen-bond acceptors (Lipinski definition) is 3. The Morgan fingerprint density at radius 2 is 1.85 bits per heavy atom. The Morgan fingerprint density at radius 1 is 1.20 bits per heavy atom. The average Bonchev–Trinajstić information content (AvgIpc) is 2.47. The van der Waals surface area contributed by atoms with Gasteiger partial charge >= 0.3 is 5.92 Å². The SMILES string of the molecule is O=C(c1cccnc1)C(F)(F)C(O)c1ccc(F)cc1. The normalized spacial score (nSPS) is 13.0. The van der Waals surface area contributed by atoms with E-state index in [-0.39, 0.29) is 11.1 Å². The van der Waals surface area contributed by atoms with E-state index in [4.69, 9.17) is 0 Å². The van der Waals surface area contributed by atoms with E-state index in [1.807, 2.05) is 0 Å². The van der Waals surface area contributed by atoms with Gasteiger partial charge in [-0.15, -0.1) is 0 Å². The molecule has 0 fully saturated rings. The van der Waals surface area contributed by atoms with Gasteiger partial charge in [0.05, 0.1) is 0 Å². The minimum atomic E-state index is -4.03. The fraction of sp³-hybridized carbons (Fsp3) is 0.143. The molecule has 3 nitrogen and oxygen atoms in total. The Labute approximate surface area is 112 Å². The first kappa shape index (κ1) is 14.2. The molecule has 20 heavy (non-hydrogen) atoms. The van der Waals surface area contributed by atoms with Crippen molar-refractivity contribution in [2.75, 3.05) is 0 Å². The molecule has 0 aliphatic heterocycles. The number of carbonyl (C=O) groups excluding carboxylic acids is 1. The maximum absolute atomic E-state index is 14.0. The summed E-state index contributed by atoms with van der Waals surface area (Å²) < 4.78 is 40.6. The second-order valence-electron chi connectivity index (χ2n) is 4.15. The van der Waals surface area contributed by atoms with Gasteiger partial charge in [-0.25, -0.2) is 4.39 Å². The van der Waals surface area contributed by atoms with Crippen molar-refractivity contribution in [1.82, 2.24) is 4.98 Å². The van der Waals surface area contributed by atoms with Crippen LogP contribution in [-0.4, -0.2) is 21.8 Å². The molecule has 0 spiro atoms. The Balaban J connectivity index is 2.29. The van der Waals surface area contributed by atoms with Gasteiger partial charge in [-0.1, -0.05) is 12.1 Å². The zero-order valence-corrected chi connectivity index (χ0v) is 10.1. The van der Waals surface area contributed by atoms with Crippen molar-refractivity contribution in [3.05, 3.63) is 65.7 Å². The topological polar surface area (TPSA) is 50.2 Å². The van der Waals surface area contributed by atoms with Crippen LogP contribution < -0.4 is 0 Å². The van der Waals surface area contributed by atoms with Gasteiger partial charge in [-0.2, -0.15) is 8.78 Å². The number of carbonyl (C=O) groups is 1. The smallest absolute Gasteiger partial charge is 0.339 e. The largest absolute Gasteiger partial charge is 0.382 e. The van der Waals surface area contributed by atoms with Gasteiger partial charge in [0, 0.05) is 18.0 Å². The van der Waals surface area contributed by atoms with Crippen LogP contribution in [0.2, 0.25) is 0 Å². The van der Waals surface area contributed by atoms with E-state index in [0.29, 0.717) is 0 Å². The highest BCUT2D eigenvalue weighted by atomic mass is 19.3. The quantitative estimate of drug-likeness (QED) is 0.877. The van der Waals surface area contributed by atoms with Gasteiger partial charge in [0.1, 0.15) is 5.82 Å². The lowest BCUT2D eigenvalue weighted by molar-refractivity contribution is -0.0792. The van der Waals surface area contributed by atoms with E-state index in [2.05, 4.69) is 4.98 Å².